The van der Waals surface area contributed by atoms with E-state index in [0.29, 0.717) is 23.0 Å². The number of rotatable bonds is 5. The second-order valence-electron chi connectivity index (χ2n) is 10.7. The van der Waals surface area contributed by atoms with Crippen LogP contribution in [-0.4, -0.2) is 19.9 Å². The smallest absolute Gasteiger partial charge is 0.164 e. The molecule has 0 N–H and O–H groups in total. The van der Waals surface area contributed by atoms with Gasteiger partial charge in [0.1, 0.15) is 17.2 Å². The molecule has 0 spiro atoms. The fourth-order valence-corrected chi connectivity index (χ4v) is 5.67. The summed E-state index contributed by atoms with van der Waals surface area (Å²) in [5.41, 5.74) is 8.67. The standard InChI is InChI=1S/C39H23N5O/c40-22-25-19-31(24-41-23-25)28-13-7-14-29(20-28)38-42-37(27-11-5-2-6-12-27)43-39(44-38)30-17-18-33-35(21-30)45-34-16-8-15-32(36(33)34)26-9-3-1-4-10-26/h1-21,23-24H. The quantitative estimate of drug-likeness (QED) is 0.202. The van der Waals surface area contributed by atoms with E-state index in [0.717, 1.165) is 60.9 Å². The Morgan fingerprint density at radius 3 is 1.89 bits per heavy atom. The first-order valence-electron chi connectivity index (χ1n) is 14.5. The summed E-state index contributed by atoms with van der Waals surface area (Å²) in [6.07, 6.45) is 3.30. The molecule has 0 saturated heterocycles. The molecule has 8 rings (SSSR count). The normalized spacial score (nSPS) is 11.1. The molecule has 0 aliphatic rings. The van der Waals surface area contributed by atoms with Crippen molar-refractivity contribution in [1.82, 2.24) is 19.9 Å². The van der Waals surface area contributed by atoms with Crippen LogP contribution in [0.25, 0.3) is 78.4 Å². The molecule has 0 bridgehead atoms. The van der Waals surface area contributed by atoms with Gasteiger partial charge in [-0.25, -0.2) is 15.0 Å². The first kappa shape index (κ1) is 26.2. The van der Waals surface area contributed by atoms with Gasteiger partial charge in [-0.05, 0) is 47.0 Å². The third-order valence-corrected chi connectivity index (χ3v) is 7.83. The van der Waals surface area contributed by atoms with Crippen LogP contribution in [-0.2, 0) is 0 Å². The molecule has 0 saturated carbocycles. The summed E-state index contributed by atoms with van der Waals surface area (Å²) in [6.45, 7) is 0. The predicted octanol–water partition coefficient (Wildman–Crippen LogP) is 9.37. The fourth-order valence-electron chi connectivity index (χ4n) is 5.67. The van der Waals surface area contributed by atoms with Crippen molar-refractivity contribution in [2.24, 2.45) is 0 Å². The number of pyridine rings is 1. The van der Waals surface area contributed by atoms with Crippen LogP contribution < -0.4 is 0 Å². The Balaban J connectivity index is 1.28. The van der Waals surface area contributed by atoms with Crippen LogP contribution in [0.4, 0.5) is 0 Å². The average Bonchev–Trinajstić information content (AvgIpc) is 3.50. The van der Waals surface area contributed by atoms with E-state index in [-0.39, 0.29) is 0 Å². The lowest BCUT2D eigenvalue weighted by molar-refractivity contribution is 0.669. The van der Waals surface area contributed by atoms with Gasteiger partial charge in [-0.15, -0.1) is 0 Å². The first-order chi connectivity index (χ1) is 22.2. The van der Waals surface area contributed by atoms with E-state index in [1.165, 1.54) is 0 Å². The summed E-state index contributed by atoms with van der Waals surface area (Å²) in [5, 5.41) is 11.5. The van der Waals surface area contributed by atoms with Crippen molar-refractivity contribution < 1.29 is 4.42 Å². The molecule has 8 aromatic rings. The molecule has 6 heteroatoms. The number of benzene rings is 5. The van der Waals surface area contributed by atoms with Gasteiger partial charge >= 0.3 is 0 Å². The predicted molar refractivity (Wildman–Crippen MR) is 177 cm³/mol. The molecular formula is C39H23N5O. The van der Waals surface area contributed by atoms with Crippen LogP contribution in [0.3, 0.4) is 0 Å². The maximum Gasteiger partial charge on any atom is 0.164 e. The number of hydrogen-bond donors (Lipinski definition) is 0. The molecule has 0 amide bonds. The van der Waals surface area contributed by atoms with E-state index >= 15 is 0 Å². The Bertz CT molecular complexity index is 2390. The number of nitrogens with zero attached hydrogens (tertiary/aromatic N) is 5. The van der Waals surface area contributed by atoms with Gasteiger partial charge in [-0.2, -0.15) is 5.26 Å². The fraction of sp³-hybridized carbons (Fsp3) is 0. The number of aromatic nitrogens is 4. The highest BCUT2D eigenvalue weighted by molar-refractivity contribution is 6.12. The van der Waals surface area contributed by atoms with Crippen molar-refractivity contribution in [2.45, 2.75) is 0 Å². The number of hydrogen-bond acceptors (Lipinski definition) is 6. The zero-order valence-electron chi connectivity index (χ0n) is 23.9. The van der Waals surface area contributed by atoms with Crippen molar-refractivity contribution in [2.75, 3.05) is 0 Å². The van der Waals surface area contributed by atoms with Gasteiger partial charge < -0.3 is 4.42 Å². The Labute approximate surface area is 259 Å². The minimum absolute atomic E-state index is 0.503. The van der Waals surface area contributed by atoms with Gasteiger partial charge in [0, 0.05) is 45.4 Å². The lowest BCUT2D eigenvalue weighted by Gasteiger charge is -2.10. The van der Waals surface area contributed by atoms with Crippen molar-refractivity contribution in [3.05, 3.63) is 145 Å². The van der Waals surface area contributed by atoms with Gasteiger partial charge in [0.15, 0.2) is 17.5 Å². The largest absolute Gasteiger partial charge is 0.456 e. The lowest BCUT2D eigenvalue weighted by atomic mass is 9.99. The monoisotopic (exact) mass is 577 g/mol. The van der Waals surface area contributed by atoms with Crippen LogP contribution in [0.5, 0.6) is 0 Å². The minimum atomic E-state index is 0.503. The van der Waals surface area contributed by atoms with E-state index in [4.69, 9.17) is 19.4 Å². The van der Waals surface area contributed by atoms with Crippen LogP contribution >= 0.6 is 0 Å². The van der Waals surface area contributed by atoms with Crippen LogP contribution in [0, 0.1) is 11.3 Å². The van der Waals surface area contributed by atoms with E-state index in [2.05, 4.69) is 35.3 Å². The molecule has 0 unspecified atom stereocenters. The Morgan fingerprint density at radius 1 is 0.489 bits per heavy atom. The summed E-state index contributed by atoms with van der Waals surface area (Å²) in [4.78, 5) is 19.0. The molecule has 0 aliphatic carbocycles. The van der Waals surface area contributed by atoms with Gasteiger partial charge in [0.2, 0.25) is 0 Å². The van der Waals surface area contributed by atoms with Gasteiger partial charge in [0.05, 0.1) is 5.56 Å². The highest BCUT2D eigenvalue weighted by Crippen LogP contribution is 2.38. The number of furan rings is 1. The van der Waals surface area contributed by atoms with E-state index in [1.807, 2.05) is 103 Å². The SMILES string of the molecule is N#Cc1cncc(-c2cccc(-c3nc(-c4ccccc4)nc(-c4ccc5c(c4)oc4cccc(-c6ccccc6)c45)n3)c2)c1. The molecule has 210 valence electrons. The molecule has 0 atom stereocenters. The maximum atomic E-state index is 9.37. The molecule has 5 aromatic carbocycles. The summed E-state index contributed by atoms with van der Waals surface area (Å²) in [5.74, 6) is 1.66. The van der Waals surface area contributed by atoms with Crippen molar-refractivity contribution in [3.8, 4) is 62.5 Å². The highest BCUT2D eigenvalue weighted by atomic mass is 16.3. The van der Waals surface area contributed by atoms with Crippen LogP contribution in [0.1, 0.15) is 5.56 Å². The zero-order chi connectivity index (χ0) is 30.2. The third kappa shape index (κ3) is 4.89. The van der Waals surface area contributed by atoms with E-state index in [9.17, 15) is 5.26 Å². The summed E-state index contributed by atoms with van der Waals surface area (Å²) in [6, 6.07) is 44.5. The maximum absolute atomic E-state index is 9.37. The number of nitriles is 1. The molecule has 6 nitrogen and oxygen atoms in total. The van der Waals surface area contributed by atoms with Gasteiger partial charge in [0.25, 0.3) is 0 Å². The van der Waals surface area contributed by atoms with Crippen molar-refractivity contribution in [3.63, 3.8) is 0 Å². The molecule has 0 radical (unpaired) electrons. The van der Waals surface area contributed by atoms with Crippen molar-refractivity contribution in [1.29, 1.82) is 5.26 Å². The zero-order valence-corrected chi connectivity index (χ0v) is 23.9. The molecular weight excluding hydrogens is 554 g/mol. The van der Waals surface area contributed by atoms with Crippen LogP contribution in [0.15, 0.2) is 144 Å². The summed E-state index contributed by atoms with van der Waals surface area (Å²) in [7, 11) is 0. The number of fused-ring (bicyclic) bond motifs is 3. The third-order valence-electron chi connectivity index (χ3n) is 7.83. The average molecular weight is 578 g/mol. The second-order valence-corrected chi connectivity index (χ2v) is 10.7. The van der Waals surface area contributed by atoms with Crippen molar-refractivity contribution >= 4 is 21.9 Å². The van der Waals surface area contributed by atoms with E-state index in [1.54, 1.807) is 12.4 Å². The Morgan fingerprint density at radius 2 is 1.13 bits per heavy atom. The first-order valence-corrected chi connectivity index (χ1v) is 14.5. The molecule has 45 heavy (non-hydrogen) atoms. The molecule has 0 aliphatic heterocycles. The minimum Gasteiger partial charge on any atom is -0.456 e. The van der Waals surface area contributed by atoms with Gasteiger partial charge in [-0.3, -0.25) is 4.98 Å². The second kappa shape index (κ2) is 11.0. The van der Waals surface area contributed by atoms with E-state index < -0.39 is 0 Å². The highest BCUT2D eigenvalue weighted by Gasteiger charge is 2.17. The lowest BCUT2D eigenvalue weighted by Crippen LogP contribution is -2.00. The van der Waals surface area contributed by atoms with Crippen LogP contribution in [0.2, 0.25) is 0 Å². The van der Waals surface area contributed by atoms with Gasteiger partial charge in [-0.1, -0.05) is 97.1 Å². The summed E-state index contributed by atoms with van der Waals surface area (Å²) < 4.78 is 6.39. The Hall–Kier alpha value is -6.45. The molecule has 0 fully saturated rings. The molecule has 3 heterocycles. The summed E-state index contributed by atoms with van der Waals surface area (Å²) >= 11 is 0. The molecule has 3 aromatic heterocycles. The Kier molecular flexibility index (Phi) is 6.40. The topological polar surface area (TPSA) is 88.5 Å².